The summed E-state index contributed by atoms with van der Waals surface area (Å²) < 4.78 is 1.82. The Hall–Kier alpha value is -0.550. The Bertz CT molecular complexity index is 242. The van der Waals surface area contributed by atoms with Crippen molar-refractivity contribution in [1.29, 1.82) is 0 Å². The van der Waals surface area contributed by atoms with Crippen molar-refractivity contribution >= 4 is 11.8 Å². The summed E-state index contributed by atoms with van der Waals surface area (Å²) in [6.07, 6.45) is 3.93. The van der Waals surface area contributed by atoms with Crippen molar-refractivity contribution in [1.82, 2.24) is 20.3 Å². The molecule has 1 rings (SSSR count). The van der Waals surface area contributed by atoms with E-state index in [2.05, 4.69) is 28.8 Å². The maximum atomic E-state index is 3.92. The average molecular weight is 200 g/mol. The molecular formula is C8H16N4S. The highest BCUT2D eigenvalue weighted by atomic mass is 32.2. The van der Waals surface area contributed by atoms with Crippen LogP contribution in [0.5, 0.6) is 0 Å². The zero-order chi connectivity index (χ0) is 9.68. The fraction of sp³-hybridized carbons (Fsp3) is 0.750. The maximum absolute atomic E-state index is 3.92. The van der Waals surface area contributed by atoms with Crippen molar-refractivity contribution in [2.45, 2.75) is 13.0 Å². The number of hydrogen-bond donors (Lipinski definition) is 1. The molecule has 0 aliphatic rings. The predicted octanol–water partition coefficient (Wildman–Crippen LogP) is 0.829. The van der Waals surface area contributed by atoms with Crippen molar-refractivity contribution in [3.63, 3.8) is 0 Å². The van der Waals surface area contributed by atoms with E-state index in [-0.39, 0.29) is 0 Å². The molecule has 4 nitrogen and oxygen atoms in total. The van der Waals surface area contributed by atoms with E-state index in [9.17, 15) is 0 Å². The van der Waals surface area contributed by atoms with Crippen molar-refractivity contribution in [2.75, 3.05) is 18.6 Å². The number of aryl methyl sites for hydroxylation is 1. The molecule has 0 saturated carbocycles. The van der Waals surface area contributed by atoms with E-state index in [1.165, 1.54) is 0 Å². The molecule has 1 unspecified atom stereocenters. The van der Waals surface area contributed by atoms with Crippen molar-refractivity contribution in [3.05, 3.63) is 11.9 Å². The van der Waals surface area contributed by atoms with Gasteiger partial charge in [-0.25, -0.2) is 0 Å². The fourth-order valence-corrected chi connectivity index (χ4v) is 1.90. The largest absolute Gasteiger partial charge is 0.308 e. The van der Waals surface area contributed by atoms with Gasteiger partial charge in [0.25, 0.3) is 0 Å². The molecule has 1 atom stereocenters. The molecule has 74 valence electrons. The summed E-state index contributed by atoms with van der Waals surface area (Å²) in [7, 11) is 1.92. The van der Waals surface area contributed by atoms with Gasteiger partial charge in [0.2, 0.25) is 0 Å². The first-order valence-corrected chi connectivity index (χ1v) is 5.75. The quantitative estimate of drug-likeness (QED) is 0.764. The summed E-state index contributed by atoms with van der Waals surface area (Å²) in [6, 6.07) is 0.361. The third kappa shape index (κ3) is 2.70. The smallest absolute Gasteiger partial charge is 0.0761 e. The first-order chi connectivity index (χ1) is 6.29. The molecule has 0 radical (unpaired) electrons. The Morgan fingerprint density at radius 1 is 1.69 bits per heavy atom. The summed E-state index contributed by atoms with van der Waals surface area (Å²) in [5.41, 5.74) is 1.15. The van der Waals surface area contributed by atoms with Crippen LogP contribution in [0.1, 0.15) is 18.7 Å². The number of thioether (sulfide) groups is 1. The van der Waals surface area contributed by atoms with Crippen LogP contribution in [0, 0.1) is 0 Å². The number of hydrogen-bond acceptors (Lipinski definition) is 4. The van der Waals surface area contributed by atoms with Gasteiger partial charge in [0.15, 0.2) is 0 Å². The Morgan fingerprint density at radius 3 is 2.92 bits per heavy atom. The molecule has 1 N–H and O–H groups in total. The number of nitrogens with zero attached hydrogens (tertiary/aromatic N) is 3. The predicted molar refractivity (Wildman–Crippen MR) is 55.8 cm³/mol. The van der Waals surface area contributed by atoms with Crippen molar-refractivity contribution in [3.8, 4) is 0 Å². The minimum atomic E-state index is 0.361. The van der Waals surface area contributed by atoms with Gasteiger partial charge in [-0.15, -0.1) is 5.10 Å². The summed E-state index contributed by atoms with van der Waals surface area (Å²) in [5.74, 6) is 1.05. The monoisotopic (exact) mass is 200 g/mol. The van der Waals surface area contributed by atoms with E-state index in [0.29, 0.717) is 6.04 Å². The van der Waals surface area contributed by atoms with Gasteiger partial charge in [-0.1, -0.05) is 12.1 Å². The Morgan fingerprint density at radius 2 is 2.46 bits per heavy atom. The highest BCUT2D eigenvalue weighted by molar-refractivity contribution is 7.98. The zero-order valence-electron chi connectivity index (χ0n) is 8.32. The minimum absolute atomic E-state index is 0.361. The fourth-order valence-electron chi connectivity index (χ4n) is 1.28. The van der Waals surface area contributed by atoms with Crippen LogP contribution >= 0.6 is 11.8 Å². The third-order valence-electron chi connectivity index (χ3n) is 1.89. The molecule has 0 bridgehead atoms. The SMILES string of the molecule is CCNC(CSC)c1cnnn1C. The minimum Gasteiger partial charge on any atom is -0.308 e. The van der Waals surface area contributed by atoms with Gasteiger partial charge in [0.1, 0.15) is 0 Å². The van der Waals surface area contributed by atoms with Crippen LogP contribution in [0.2, 0.25) is 0 Å². The van der Waals surface area contributed by atoms with Crippen LogP contribution in [-0.4, -0.2) is 33.5 Å². The Balaban J connectivity index is 2.69. The normalized spacial score (nSPS) is 13.2. The van der Waals surface area contributed by atoms with E-state index in [1.54, 1.807) is 0 Å². The van der Waals surface area contributed by atoms with E-state index < -0.39 is 0 Å². The van der Waals surface area contributed by atoms with Gasteiger partial charge in [0.05, 0.1) is 17.9 Å². The highest BCUT2D eigenvalue weighted by Crippen LogP contribution is 2.14. The van der Waals surface area contributed by atoms with Crippen LogP contribution in [0.25, 0.3) is 0 Å². The summed E-state index contributed by atoms with van der Waals surface area (Å²) in [6.45, 7) is 3.08. The molecule has 0 aliphatic carbocycles. The Labute approximate surface area is 83.1 Å². The first kappa shape index (κ1) is 10.5. The molecule has 0 spiro atoms. The second-order valence-electron chi connectivity index (χ2n) is 2.85. The molecule has 0 aliphatic heterocycles. The van der Waals surface area contributed by atoms with Crippen LogP contribution in [0.15, 0.2) is 6.20 Å². The molecule has 0 saturated heterocycles. The molecule has 13 heavy (non-hydrogen) atoms. The van der Waals surface area contributed by atoms with E-state index in [4.69, 9.17) is 0 Å². The molecule has 0 aromatic carbocycles. The van der Waals surface area contributed by atoms with E-state index >= 15 is 0 Å². The van der Waals surface area contributed by atoms with Gasteiger partial charge in [0, 0.05) is 12.8 Å². The lowest BCUT2D eigenvalue weighted by Crippen LogP contribution is -2.25. The van der Waals surface area contributed by atoms with Crippen molar-refractivity contribution in [2.24, 2.45) is 7.05 Å². The standard InChI is InChI=1S/C8H16N4S/c1-4-9-7(6-13-3)8-5-10-11-12(8)2/h5,7,9H,4,6H2,1-3H3. The first-order valence-electron chi connectivity index (χ1n) is 4.36. The average Bonchev–Trinajstić information content (AvgIpc) is 2.51. The van der Waals surface area contributed by atoms with Gasteiger partial charge in [-0.2, -0.15) is 11.8 Å². The van der Waals surface area contributed by atoms with Crippen LogP contribution in [0.4, 0.5) is 0 Å². The second kappa shape index (κ2) is 5.24. The Kier molecular flexibility index (Phi) is 4.24. The molecule has 0 fully saturated rings. The van der Waals surface area contributed by atoms with Crippen molar-refractivity contribution < 1.29 is 0 Å². The maximum Gasteiger partial charge on any atom is 0.0761 e. The third-order valence-corrected chi connectivity index (χ3v) is 2.56. The molecule has 0 amide bonds. The highest BCUT2D eigenvalue weighted by Gasteiger charge is 2.13. The number of aromatic nitrogens is 3. The van der Waals surface area contributed by atoms with Gasteiger partial charge < -0.3 is 5.32 Å². The molecule has 1 aromatic heterocycles. The van der Waals surface area contributed by atoms with Crippen LogP contribution in [0.3, 0.4) is 0 Å². The van der Waals surface area contributed by atoms with Crippen LogP contribution < -0.4 is 5.32 Å². The summed E-state index contributed by atoms with van der Waals surface area (Å²) in [5, 5.41) is 11.2. The molecule has 5 heteroatoms. The lowest BCUT2D eigenvalue weighted by atomic mass is 10.2. The van der Waals surface area contributed by atoms with Crippen LogP contribution in [-0.2, 0) is 7.05 Å². The molecule has 1 heterocycles. The van der Waals surface area contributed by atoms with Gasteiger partial charge >= 0.3 is 0 Å². The number of nitrogens with one attached hydrogen (secondary N) is 1. The molecule has 1 aromatic rings. The summed E-state index contributed by atoms with van der Waals surface area (Å²) >= 11 is 1.83. The van der Waals surface area contributed by atoms with Gasteiger partial charge in [-0.05, 0) is 12.8 Å². The lowest BCUT2D eigenvalue weighted by Gasteiger charge is -2.15. The van der Waals surface area contributed by atoms with E-state index in [1.807, 2.05) is 29.7 Å². The summed E-state index contributed by atoms with van der Waals surface area (Å²) in [4.78, 5) is 0. The lowest BCUT2D eigenvalue weighted by molar-refractivity contribution is 0.549. The zero-order valence-corrected chi connectivity index (χ0v) is 9.14. The number of rotatable bonds is 5. The van der Waals surface area contributed by atoms with Gasteiger partial charge in [-0.3, -0.25) is 4.68 Å². The molecular weight excluding hydrogens is 184 g/mol. The second-order valence-corrected chi connectivity index (χ2v) is 3.76. The van der Waals surface area contributed by atoms with E-state index in [0.717, 1.165) is 18.0 Å². The topological polar surface area (TPSA) is 42.7 Å².